The van der Waals surface area contributed by atoms with Crippen LogP contribution in [-0.4, -0.2) is 38.9 Å². The van der Waals surface area contributed by atoms with Crippen LogP contribution in [0.5, 0.6) is 0 Å². The van der Waals surface area contributed by atoms with E-state index in [1.807, 2.05) is 57.2 Å². The van der Waals surface area contributed by atoms with E-state index >= 15 is 0 Å². The standard InChI is InChI=1S/C23H22N4O3/c1-23(2,3)18-13-19(27(25-18)15-9-5-4-6-10-15)24-20(28)14-26-21(29)16-11-7-8-12-17(16)22(26)30/h4-13H,14H2,1-3H3,(H,24,28). The Bertz CT molecular complexity index is 1110. The van der Waals surface area contributed by atoms with Gasteiger partial charge in [0.25, 0.3) is 11.8 Å². The van der Waals surface area contributed by atoms with Crippen molar-refractivity contribution in [2.45, 2.75) is 26.2 Å². The molecule has 1 aliphatic heterocycles. The average Bonchev–Trinajstić information content (AvgIpc) is 3.24. The van der Waals surface area contributed by atoms with Crippen LogP contribution in [0.4, 0.5) is 5.82 Å². The van der Waals surface area contributed by atoms with Gasteiger partial charge in [-0.25, -0.2) is 4.68 Å². The van der Waals surface area contributed by atoms with Crippen molar-refractivity contribution in [2.24, 2.45) is 0 Å². The molecule has 0 spiro atoms. The van der Waals surface area contributed by atoms with Gasteiger partial charge in [-0.3, -0.25) is 19.3 Å². The maximum absolute atomic E-state index is 12.8. The van der Waals surface area contributed by atoms with Gasteiger partial charge in [0.15, 0.2) is 0 Å². The molecule has 1 aromatic heterocycles. The fraction of sp³-hybridized carbons (Fsp3) is 0.217. The smallest absolute Gasteiger partial charge is 0.262 e. The molecule has 0 fully saturated rings. The molecule has 0 saturated heterocycles. The fourth-order valence-corrected chi connectivity index (χ4v) is 3.31. The lowest BCUT2D eigenvalue weighted by atomic mass is 9.92. The molecule has 0 bridgehead atoms. The summed E-state index contributed by atoms with van der Waals surface area (Å²) in [7, 11) is 0. The number of hydrogen-bond acceptors (Lipinski definition) is 4. The molecule has 30 heavy (non-hydrogen) atoms. The van der Waals surface area contributed by atoms with E-state index in [2.05, 4.69) is 10.4 Å². The second-order valence-corrected chi connectivity index (χ2v) is 8.20. The number of imide groups is 1. The van der Waals surface area contributed by atoms with E-state index < -0.39 is 17.7 Å². The monoisotopic (exact) mass is 402 g/mol. The number of benzene rings is 2. The highest BCUT2D eigenvalue weighted by molar-refractivity contribution is 6.22. The summed E-state index contributed by atoms with van der Waals surface area (Å²) in [6.07, 6.45) is 0. The molecule has 7 heteroatoms. The zero-order valence-electron chi connectivity index (χ0n) is 17.0. The number of amides is 3. The van der Waals surface area contributed by atoms with Gasteiger partial charge in [-0.1, -0.05) is 51.1 Å². The first-order valence-corrected chi connectivity index (χ1v) is 9.67. The van der Waals surface area contributed by atoms with Crippen molar-refractivity contribution in [3.8, 4) is 5.69 Å². The van der Waals surface area contributed by atoms with Crippen molar-refractivity contribution in [3.63, 3.8) is 0 Å². The Morgan fingerprint density at radius 1 is 0.933 bits per heavy atom. The van der Waals surface area contributed by atoms with Gasteiger partial charge in [0.1, 0.15) is 12.4 Å². The molecule has 0 aliphatic carbocycles. The number of rotatable bonds is 4. The van der Waals surface area contributed by atoms with Crippen LogP contribution in [0.1, 0.15) is 47.2 Å². The maximum atomic E-state index is 12.8. The first-order valence-electron chi connectivity index (χ1n) is 9.67. The molecule has 0 unspecified atom stereocenters. The van der Waals surface area contributed by atoms with Crippen molar-refractivity contribution in [2.75, 3.05) is 11.9 Å². The molecular weight excluding hydrogens is 380 g/mol. The largest absolute Gasteiger partial charge is 0.309 e. The van der Waals surface area contributed by atoms with Crippen LogP contribution in [0.15, 0.2) is 60.7 Å². The summed E-state index contributed by atoms with van der Waals surface area (Å²) in [6, 6.07) is 17.8. The number of hydrogen-bond donors (Lipinski definition) is 1. The number of nitrogens with zero attached hydrogens (tertiary/aromatic N) is 3. The minimum Gasteiger partial charge on any atom is -0.309 e. The van der Waals surface area contributed by atoms with Gasteiger partial charge < -0.3 is 5.32 Å². The van der Waals surface area contributed by atoms with Crippen LogP contribution >= 0.6 is 0 Å². The van der Waals surface area contributed by atoms with E-state index in [1.165, 1.54) is 0 Å². The Hall–Kier alpha value is -3.74. The molecule has 0 atom stereocenters. The SMILES string of the molecule is CC(C)(C)c1cc(NC(=O)CN2C(=O)c3ccccc3C2=O)n(-c2ccccc2)n1. The van der Waals surface area contributed by atoms with Crippen molar-refractivity contribution >= 4 is 23.5 Å². The summed E-state index contributed by atoms with van der Waals surface area (Å²) < 4.78 is 1.65. The van der Waals surface area contributed by atoms with Crippen LogP contribution in [-0.2, 0) is 10.2 Å². The summed E-state index contributed by atoms with van der Waals surface area (Å²) >= 11 is 0. The molecular formula is C23H22N4O3. The Morgan fingerprint density at radius 3 is 2.07 bits per heavy atom. The first kappa shape index (κ1) is 19.6. The Labute approximate surface area is 174 Å². The molecule has 1 aliphatic rings. The van der Waals surface area contributed by atoms with E-state index in [9.17, 15) is 14.4 Å². The number of anilines is 1. The van der Waals surface area contributed by atoms with Crippen molar-refractivity contribution in [3.05, 3.63) is 77.5 Å². The molecule has 7 nitrogen and oxygen atoms in total. The molecule has 152 valence electrons. The number of nitrogens with one attached hydrogen (secondary N) is 1. The summed E-state index contributed by atoms with van der Waals surface area (Å²) in [4.78, 5) is 38.8. The number of para-hydroxylation sites is 1. The first-order chi connectivity index (χ1) is 14.3. The van der Waals surface area contributed by atoms with E-state index in [1.54, 1.807) is 28.9 Å². The van der Waals surface area contributed by atoms with Gasteiger partial charge >= 0.3 is 0 Å². The summed E-state index contributed by atoms with van der Waals surface area (Å²) in [5.74, 6) is -0.912. The van der Waals surface area contributed by atoms with Gasteiger partial charge in [-0.2, -0.15) is 5.10 Å². The molecule has 2 aromatic carbocycles. The van der Waals surface area contributed by atoms with Crippen LogP contribution in [0.25, 0.3) is 5.69 Å². The predicted molar refractivity (Wildman–Crippen MR) is 113 cm³/mol. The Balaban J connectivity index is 1.59. The van der Waals surface area contributed by atoms with Crippen molar-refractivity contribution < 1.29 is 14.4 Å². The van der Waals surface area contributed by atoms with Gasteiger partial charge in [-0.15, -0.1) is 0 Å². The normalized spacial score (nSPS) is 13.5. The van der Waals surface area contributed by atoms with Crippen LogP contribution < -0.4 is 5.32 Å². The lowest BCUT2D eigenvalue weighted by Crippen LogP contribution is -2.37. The number of aromatic nitrogens is 2. The van der Waals surface area contributed by atoms with E-state index in [4.69, 9.17) is 0 Å². The lowest BCUT2D eigenvalue weighted by molar-refractivity contribution is -0.116. The highest BCUT2D eigenvalue weighted by atomic mass is 16.2. The molecule has 0 saturated carbocycles. The van der Waals surface area contributed by atoms with E-state index in [0.29, 0.717) is 16.9 Å². The lowest BCUT2D eigenvalue weighted by Gasteiger charge is -2.14. The summed E-state index contributed by atoms with van der Waals surface area (Å²) in [5.41, 5.74) is 2.02. The van der Waals surface area contributed by atoms with Gasteiger partial charge in [0.05, 0.1) is 22.5 Å². The van der Waals surface area contributed by atoms with Crippen LogP contribution in [0, 0.1) is 0 Å². The van der Waals surface area contributed by atoms with E-state index in [0.717, 1.165) is 16.3 Å². The fourth-order valence-electron chi connectivity index (χ4n) is 3.31. The zero-order chi connectivity index (χ0) is 21.5. The second-order valence-electron chi connectivity index (χ2n) is 8.20. The molecule has 1 N–H and O–H groups in total. The highest BCUT2D eigenvalue weighted by Crippen LogP contribution is 2.27. The summed E-state index contributed by atoms with van der Waals surface area (Å²) in [6.45, 7) is 5.75. The van der Waals surface area contributed by atoms with Crippen LogP contribution in [0.2, 0.25) is 0 Å². The third-order valence-electron chi connectivity index (χ3n) is 4.93. The quantitative estimate of drug-likeness (QED) is 0.678. The molecule has 4 rings (SSSR count). The Kier molecular flexibility index (Phi) is 4.73. The summed E-state index contributed by atoms with van der Waals surface area (Å²) in [5, 5.41) is 7.47. The van der Waals surface area contributed by atoms with Gasteiger partial charge in [-0.05, 0) is 24.3 Å². The average molecular weight is 402 g/mol. The van der Waals surface area contributed by atoms with Crippen LogP contribution in [0.3, 0.4) is 0 Å². The second kappa shape index (κ2) is 7.26. The molecule has 2 heterocycles. The van der Waals surface area contributed by atoms with Gasteiger partial charge in [0.2, 0.25) is 5.91 Å². The topological polar surface area (TPSA) is 84.3 Å². The van der Waals surface area contributed by atoms with Crippen molar-refractivity contribution in [1.29, 1.82) is 0 Å². The van der Waals surface area contributed by atoms with E-state index in [-0.39, 0.29) is 12.0 Å². The minimum atomic E-state index is -0.470. The Morgan fingerprint density at radius 2 is 1.50 bits per heavy atom. The molecule has 0 radical (unpaired) electrons. The van der Waals surface area contributed by atoms with Crippen molar-refractivity contribution in [1.82, 2.24) is 14.7 Å². The minimum absolute atomic E-state index is 0.220. The molecule has 3 amide bonds. The zero-order valence-corrected chi connectivity index (χ0v) is 17.0. The number of carbonyl (C=O) groups excluding carboxylic acids is 3. The highest BCUT2D eigenvalue weighted by Gasteiger charge is 2.36. The third kappa shape index (κ3) is 3.50. The van der Waals surface area contributed by atoms with Gasteiger partial charge in [0, 0.05) is 11.5 Å². The molecule has 3 aromatic rings. The number of carbonyl (C=O) groups is 3. The predicted octanol–water partition coefficient (Wildman–Crippen LogP) is 3.40. The maximum Gasteiger partial charge on any atom is 0.262 e. The third-order valence-corrected chi connectivity index (χ3v) is 4.93. The number of fused-ring (bicyclic) bond motifs is 1.